The number of carbonyl (C=O) groups excluding carboxylic acids is 2. The highest BCUT2D eigenvalue weighted by molar-refractivity contribution is 7.49. The molecule has 0 aliphatic carbocycles. The highest BCUT2D eigenvalue weighted by atomic mass is 31.2. The third-order valence-corrected chi connectivity index (χ3v) is 4.21. The lowest BCUT2D eigenvalue weighted by Gasteiger charge is -2.23. The van der Waals surface area contributed by atoms with E-state index in [0.29, 0.717) is 0 Å². The van der Waals surface area contributed by atoms with Crippen LogP contribution in [-0.4, -0.2) is 42.5 Å². The molecule has 7 heteroatoms. The molecule has 0 radical (unpaired) electrons. The molecule has 1 heterocycles. The first-order valence-corrected chi connectivity index (χ1v) is 7.46. The molecule has 19 heavy (non-hydrogen) atoms. The zero-order valence-electron chi connectivity index (χ0n) is 12.0. The highest BCUT2D eigenvalue weighted by Crippen LogP contribution is 2.58. The summed E-state index contributed by atoms with van der Waals surface area (Å²) >= 11 is 0. The lowest BCUT2D eigenvalue weighted by atomic mass is 10.2. The Morgan fingerprint density at radius 2 is 1.37 bits per heavy atom. The first kappa shape index (κ1) is 16.3. The van der Waals surface area contributed by atoms with Gasteiger partial charge in [-0.05, 0) is 13.8 Å². The summed E-state index contributed by atoms with van der Waals surface area (Å²) in [5.41, 5.74) is 0. The predicted octanol–water partition coefficient (Wildman–Crippen LogP) is 2.01. The van der Waals surface area contributed by atoms with E-state index in [9.17, 15) is 9.59 Å². The maximum absolute atomic E-state index is 11.8. The van der Waals surface area contributed by atoms with Crippen LogP contribution in [0.4, 0.5) is 0 Å². The Balaban J connectivity index is 2.84. The summed E-state index contributed by atoms with van der Waals surface area (Å²) in [5, 5.41) is -0.290. The van der Waals surface area contributed by atoms with Gasteiger partial charge >= 0.3 is 11.9 Å². The molecule has 0 aromatic rings. The van der Waals surface area contributed by atoms with Crippen LogP contribution in [0, 0.1) is 0 Å². The van der Waals surface area contributed by atoms with Crippen LogP contribution in [0.1, 0.15) is 34.6 Å². The van der Waals surface area contributed by atoms with E-state index in [1.165, 1.54) is 0 Å². The van der Waals surface area contributed by atoms with E-state index in [0.717, 1.165) is 0 Å². The summed E-state index contributed by atoms with van der Waals surface area (Å²) in [5.74, 6) is -1.18. The van der Waals surface area contributed by atoms with E-state index in [1.807, 2.05) is 20.8 Å². The second-order valence-corrected chi connectivity index (χ2v) is 7.26. The molecule has 0 N–H and O–H groups in total. The third-order valence-electron chi connectivity index (χ3n) is 2.28. The molecule has 0 amide bonds. The van der Waals surface area contributed by atoms with Gasteiger partial charge in [0.1, 0.15) is 0 Å². The quantitative estimate of drug-likeness (QED) is 0.583. The van der Waals surface area contributed by atoms with E-state index >= 15 is 0 Å². The fourth-order valence-corrected chi connectivity index (χ4v) is 2.93. The highest BCUT2D eigenvalue weighted by Gasteiger charge is 2.51. The van der Waals surface area contributed by atoms with Crippen molar-refractivity contribution >= 4 is 20.3 Å². The van der Waals surface area contributed by atoms with Crippen LogP contribution in [0.2, 0.25) is 0 Å². The zero-order valence-corrected chi connectivity index (χ0v) is 12.9. The van der Waals surface area contributed by atoms with Crippen LogP contribution in [0.5, 0.6) is 0 Å². The van der Waals surface area contributed by atoms with Crippen molar-refractivity contribution < 1.29 is 28.1 Å². The molecule has 0 spiro atoms. The Labute approximate surface area is 114 Å². The van der Waals surface area contributed by atoms with Gasteiger partial charge in [0.15, 0.2) is 20.6 Å². The number of hydrogen-bond acceptors (Lipinski definition) is 6. The number of esters is 2. The molecule has 110 valence electrons. The van der Waals surface area contributed by atoms with Gasteiger partial charge in [0.25, 0.3) is 0 Å². The molecule has 1 fully saturated rings. The number of rotatable bonds is 4. The SMILES string of the molecule is CCOC(=O)C1OP(C(C)(C)C)OC1C(=O)OCC. The zero-order chi connectivity index (χ0) is 14.6. The van der Waals surface area contributed by atoms with Gasteiger partial charge in [-0.2, -0.15) is 0 Å². The van der Waals surface area contributed by atoms with Gasteiger partial charge in [-0.3, -0.25) is 0 Å². The Morgan fingerprint density at radius 3 is 1.63 bits per heavy atom. The molecule has 1 aliphatic rings. The van der Waals surface area contributed by atoms with E-state index in [-0.39, 0.29) is 18.4 Å². The van der Waals surface area contributed by atoms with Crippen LogP contribution in [-0.2, 0) is 28.1 Å². The average molecular weight is 292 g/mol. The van der Waals surface area contributed by atoms with E-state index in [4.69, 9.17) is 18.5 Å². The summed E-state index contributed by atoms with van der Waals surface area (Å²) in [4.78, 5) is 23.6. The van der Waals surface area contributed by atoms with E-state index < -0.39 is 32.5 Å². The molecule has 0 saturated carbocycles. The predicted molar refractivity (Wildman–Crippen MR) is 69.7 cm³/mol. The van der Waals surface area contributed by atoms with Gasteiger partial charge in [0.2, 0.25) is 0 Å². The molecule has 1 aliphatic heterocycles. The minimum absolute atomic E-state index is 0.224. The van der Waals surface area contributed by atoms with Crippen LogP contribution in [0.15, 0.2) is 0 Å². The Bertz CT molecular complexity index is 312. The summed E-state index contributed by atoms with van der Waals surface area (Å²) in [6.45, 7) is 9.61. The molecule has 2 unspecified atom stereocenters. The van der Waals surface area contributed by atoms with Crippen LogP contribution >= 0.6 is 8.38 Å². The Hall–Kier alpha value is -0.710. The average Bonchev–Trinajstić information content (AvgIpc) is 2.74. The topological polar surface area (TPSA) is 71.1 Å². The number of ether oxygens (including phenoxy) is 2. The summed E-state index contributed by atoms with van der Waals surface area (Å²) in [7, 11) is -1.35. The lowest BCUT2D eigenvalue weighted by Crippen LogP contribution is -2.39. The van der Waals surface area contributed by atoms with Crippen LogP contribution in [0.3, 0.4) is 0 Å². The molecule has 0 aromatic carbocycles. The molecule has 2 atom stereocenters. The van der Waals surface area contributed by atoms with Gasteiger partial charge in [0, 0.05) is 5.16 Å². The van der Waals surface area contributed by atoms with Crippen molar-refractivity contribution in [2.75, 3.05) is 13.2 Å². The van der Waals surface area contributed by atoms with Gasteiger partial charge in [-0.25, -0.2) is 9.59 Å². The van der Waals surface area contributed by atoms with Gasteiger partial charge < -0.3 is 18.5 Å². The van der Waals surface area contributed by atoms with E-state index in [1.54, 1.807) is 13.8 Å². The van der Waals surface area contributed by atoms with Crippen molar-refractivity contribution in [2.24, 2.45) is 0 Å². The summed E-state index contributed by atoms with van der Waals surface area (Å²) < 4.78 is 21.0. The minimum atomic E-state index is -1.35. The second-order valence-electron chi connectivity index (χ2n) is 4.98. The maximum atomic E-state index is 11.8. The molecule has 6 nitrogen and oxygen atoms in total. The van der Waals surface area contributed by atoms with Crippen molar-refractivity contribution in [3.8, 4) is 0 Å². The molecule has 1 rings (SSSR count). The molecule has 1 saturated heterocycles. The van der Waals surface area contributed by atoms with Crippen LogP contribution < -0.4 is 0 Å². The summed E-state index contributed by atoms with van der Waals surface area (Å²) in [6.07, 6.45) is -2.08. The fraction of sp³-hybridized carbons (Fsp3) is 0.833. The molecule has 0 aromatic heterocycles. The number of hydrogen-bond donors (Lipinski definition) is 0. The van der Waals surface area contributed by atoms with Crippen molar-refractivity contribution in [2.45, 2.75) is 52.0 Å². The molecule has 0 bridgehead atoms. The van der Waals surface area contributed by atoms with Crippen LogP contribution in [0.25, 0.3) is 0 Å². The smallest absolute Gasteiger partial charge is 0.339 e. The van der Waals surface area contributed by atoms with Gasteiger partial charge in [-0.1, -0.05) is 20.8 Å². The molecular weight excluding hydrogens is 271 g/mol. The molecular formula is C12H21O6P. The normalized spacial score (nSPS) is 27.1. The third kappa shape index (κ3) is 4.13. The lowest BCUT2D eigenvalue weighted by molar-refractivity contribution is -0.163. The van der Waals surface area contributed by atoms with Gasteiger partial charge in [-0.15, -0.1) is 0 Å². The standard InChI is InChI=1S/C12H21O6P/c1-6-15-10(13)8-9(11(14)16-7-2)18-19(17-8)12(3,4)5/h8-9H,6-7H2,1-5H3. The first-order valence-electron chi connectivity index (χ1n) is 6.28. The Kier molecular flexibility index (Phi) is 5.71. The summed E-state index contributed by atoms with van der Waals surface area (Å²) in [6, 6.07) is 0. The monoisotopic (exact) mass is 292 g/mol. The maximum Gasteiger partial charge on any atom is 0.339 e. The van der Waals surface area contributed by atoms with Crippen molar-refractivity contribution in [1.29, 1.82) is 0 Å². The Morgan fingerprint density at radius 1 is 1.00 bits per heavy atom. The van der Waals surface area contributed by atoms with Crippen molar-refractivity contribution in [3.63, 3.8) is 0 Å². The van der Waals surface area contributed by atoms with Crippen molar-refractivity contribution in [3.05, 3.63) is 0 Å². The second kappa shape index (κ2) is 6.64. The van der Waals surface area contributed by atoms with E-state index in [2.05, 4.69) is 0 Å². The fourth-order valence-electron chi connectivity index (χ4n) is 1.44. The van der Waals surface area contributed by atoms with Crippen molar-refractivity contribution in [1.82, 2.24) is 0 Å². The minimum Gasteiger partial charge on any atom is -0.464 e. The first-order chi connectivity index (χ1) is 8.81. The largest absolute Gasteiger partial charge is 0.464 e. The van der Waals surface area contributed by atoms with Gasteiger partial charge in [0.05, 0.1) is 13.2 Å². The number of carbonyl (C=O) groups is 2.